The lowest BCUT2D eigenvalue weighted by Crippen LogP contribution is -2.40. The average Bonchev–Trinajstić information content (AvgIpc) is 2.59. The number of hydrogen-bond acceptors (Lipinski definition) is 5. The zero-order valence-corrected chi connectivity index (χ0v) is 15.2. The minimum atomic E-state index is -3.99. The van der Waals surface area contributed by atoms with Crippen LogP contribution in [0, 0.1) is 5.82 Å². The monoisotopic (exact) mass is 399 g/mol. The number of carbonyl (C=O) groups excluding carboxylic acids is 2. The molecule has 26 heavy (non-hydrogen) atoms. The molecule has 0 unspecified atom stereocenters. The fourth-order valence-electron chi connectivity index (χ4n) is 1.99. The van der Waals surface area contributed by atoms with Gasteiger partial charge in [-0.15, -0.1) is 0 Å². The molecule has 0 aromatic heterocycles. The second-order valence-electron chi connectivity index (χ2n) is 5.34. The lowest BCUT2D eigenvalue weighted by atomic mass is 10.1. The molecule has 0 saturated heterocycles. The van der Waals surface area contributed by atoms with Gasteiger partial charge in [0.05, 0.1) is 4.90 Å². The van der Waals surface area contributed by atoms with E-state index in [4.69, 9.17) is 16.3 Å². The molecule has 2 rings (SSSR count). The summed E-state index contributed by atoms with van der Waals surface area (Å²) in [5, 5.41) is 0.226. The van der Waals surface area contributed by atoms with Crippen LogP contribution in [-0.4, -0.2) is 32.8 Å². The van der Waals surface area contributed by atoms with E-state index in [9.17, 15) is 22.4 Å². The predicted molar refractivity (Wildman–Crippen MR) is 92.9 cm³/mol. The van der Waals surface area contributed by atoms with Crippen molar-refractivity contribution in [2.24, 2.45) is 0 Å². The number of rotatable bonds is 7. The van der Waals surface area contributed by atoms with Gasteiger partial charge in [-0.2, -0.15) is 4.72 Å². The minimum Gasteiger partial charge on any atom is -0.456 e. The fourth-order valence-corrected chi connectivity index (χ4v) is 3.48. The van der Waals surface area contributed by atoms with Gasteiger partial charge in [0, 0.05) is 10.6 Å². The van der Waals surface area contributed by atoms with Crippen LogP contribution in [0.3, 0.4) is 0 Å². The van der Waals surface area contributed by atoms with Gasteiger partial charge in [-0.05, 0) is 37.3 Å². The molecule has 6 nitrogen and oxygen atoms in total. The van der Waals surface area contributed by atoms with Gasteiger partial charge in [0.15, 0.2) is 12.4 Å². The van der Waals surface area contributed by atoms with Gasteiger partial charge < -0.3 is 4.74 Å². The maximum atomic E-state index is 13.1. The summed E-state index contributed by atoms with van der Waals surface area (Å²) in [6.07, 6.45) is 0. The van der Waals surface area contributed by atoms with Crippen LogP contribution in [-0.2, 0) is 19.6 Å². The van der Waals surface area contributed by atoms with Gasteiger partial charge >= 0.3 is 5.97 Å². The quantitative estimate of drug-likeness (QED) is 0.571. The molecule has 1 N–H and O–H groups in total. The van der Waals surface area contributed by atoms with Crippen molar-refractivity contribution in [3.05, 3.63) is 64.9 Å². The van der Waals surface area contributed by atoms with Crippen LogP contribution in [0.2, 0.25) is 5.02 Å². The number of carbonyl (C=O) groups is 2. The lowest BCUT2D eigenvalue weighted by Gasteiger charge is -2.13. The lowest BCUT2D eigenvalue weighted by molar-refractivity contribution is -0.144. The molecule has 0 aliphatic heterocycles. The summed E-state index contributed by atoms with van der Waals surface area (Å²) in [5.74, 6) is -2.15. The van der Waals surface area contributed by atoms with Crippen molar-refractivity contribution < 1.29 is 27.1 Å². The molecule has 2 aromatic rings. The van der Waals surface area contributed by atoms with E-state index in [1.165, 1.54) is 49.4 Å². The minimum absolute atomic E-state index is 0.0463. The summed E-state index contributed by atoms with van der Waals surface area (Å²) in [7, 11) is -3.99. The van der Waals surface area contributed by atoms with Crippen LogP contribution in [0.25, 0.3) is 0 Å². The van der Waals surface area contributed by atoms with Gasteiger partial charge in [0.1, 0.15) is 11.9 Å². The van der Waals surface area contributed by atoms with E-state index < -0.39 is 40.2 Å². The summed E-state index contributed by atoms with van der Waals surface area (Å²) >= 11 is 5.76. The van der Waals surface area contributed by atoms with E-state index in [0.29, 0.717) is 0 Å². The average molecular weight is 400 g/mol. The van der Waals surface area contributed by atoms with Crippen molar-refractivity contribution in [3.8, 4) is 0 Å². The molecule has 0 spiro atoms. The molecule has 138 valence electrons. The van der Waals surface area contributed by atoms with E-state index in [1.807, 2.05) is 0 Å². The molecular weight excluding hydrogens is 385 g/mol. The van der Waals surface area contributed by atoms with Crippen LogP contribution in [0.5, 0.6) is 0 Å². The van der Waals surface area contributed by atoms with E-state index >= 15 is 0 Å². The first kappa shape index (κ1) is 20.0. The number of benzene rings is 2. The zero-order valence-electron chi connectivity index (χ0n) is 13.6. The molecule has 0 saturated carbocycles. The molecule has 0 heterocycles. The Kier molecular flexibility index (Phi) is 6.47. The van der Waals surface area contributed by atoms with Crippen molar-refractivity contribution in [1.29, 1.82) is 0 Å². The highest BCUT2D eigenvalue weighted by molar-refractivity contribution is 7.89. The molecule has 2 aromatic carbocycles. The van der Waals surface area contributed by atoms with Crippen LogP contribution < -0.4 is 4.72 Å². The second kappa shape index (κ2) is 8.39. The molecule has 0 aliphatic carbocycles. The van der Waals surface area contributed by atoms with Gasteiger partial charge in [-0.1, -0.05) is 29.8 Å². The van der Waals surface area contributed by atoms with Crippen molar-refractivity contribution in [3.63, 3.8) is 0 Å². The third kappa shape index (κ3) is 5.35. The number of sulfonamides is 1. The molecule has 0 fully saturated rings. The number of Topliss-reactive ketones (excluding diaryl/α,β-unsaturated/α-hetero) is 1. The van der Waals surface area contributed by atoms with E-state index in [-0.39, 0.29) is 15.5 Å². The molecule has 0 aliphatic rings. The van der Waals surface area contributed by atoms with Crippen LogP contribution in [0.1, 0.15) is 17.3 Å². The summed E-state index contributed by atoms with van der Waals surface area (Å²) in [6.45, 7) is 0.641. The molecular formula is C17H15ClFNO5S. The highest BCUT2D eigenvalue weighted by Gasteiger charge is 2.24. The van der Waals surface area contributed by atoms with E-state index in [1.54, 1.807) is 0 Å². The number of hydrogen-bond donors (Lipinski definition) is 1. The highest BCUT2D eigenvalue weighted by Crippen LogP contribution is 2.15. The Bertz CT molecular complexity index is 932. The number of halogens is 2. The van der Waals surface area contributed by atoms with Crippen molar-refractivity contribution in [1.82, 2.24) is 4.72 Å². The predicted octanol–water partition coefficient (Wildman–Crippen LogP) is 2.57. The Morgan fingerprint density at radius 1 is 1.19 bits per heavy atom. The molecule has 9 heteroatoms. The SMILES string of the molecule is C[C@H](NS(=O)(=O)c1cccc(Cl)c1)C(=O)OCC(=O)c1cccc(F)c1. The van der Waals surface area contributed by atoms with E-state index in [2.05, 4.69) is 4.72 Å². The van der Waals surface area contributed by atoms with Crippen LogP contribution in [0.4, 0.5) is 4.39 Å². The number of nitrogens with one attached hydrogen (secondary N) is 1. The summed E-state index contributed by atoms with van der Waals surface area (Å²) in [6, 6.07) is 9.20. The molecule has 1 atom stereocenters. The largest absolute Gasteiger partial charge is 0.456 e. The Morgan fingerprint density at radius 3 is 2.54 bits per heavy atom. The Morgan fingerprint density at radius 2 is 1.88 bits per heavy atom. The fraction of sp³-hybridized carbons (Fsp3) is 0.176. The van der Waals surface area contributed by atoms with Crippen LogP contribution in [0.15, 0.2) is 53.4 Å². The zero-order chi connectivity index (χ0) is 19.3. The maximum absolute atomic E-state index is 13.1. The second-order valence-corrected chi connectivity index (χ2v) is 7.49. The molecule has 0 amide bonds. The van der Waals surface area contributed by atoms with E-state index in [0.717, 1.165) is 6.07 Å². The van der Waals surface area contributed by atoms with Crippen molar-refractivity contribution >= 4 is 33.4 Å². The summed E-state index contributed by atoms with van der Waals surface area (Å²) < 4.78 is 44.4. The van der Waals surface area contributed by atoms with Crippen molar-refractivity contribution in [2.75, 3.05) is 6.61 Å². The molecule has 0 radical (unpaired) electrons. The first-order valence-electron chi connectivity index (χ1n) is 7.42. The first-order valence-corrected chi connectivity index (χ1v) is 9.28. The topological polar surface area (TPSA) is 89.5 Å². The Balaban J connectivity index is 1.96. The standard InChI is InChI=1S/C17H15ClFNO5S/c1-11(20-26(23,24)15-7-3-5-13(18)9-15)17(22)25-10-16(21)12-4-2-6-14(19)8-12/h2-9,11,20H,10H2,1H3/t11-/m0/s1. The Hall–Kier alpha value is -2.29. The summed E-state index contributed by atoms with van der Waals surface area (Å²) in [5.41, 5.74) is 0.0463. The first-order chi connectivity index (χ1) is 12.2. The molecule has 0 bridgehead atoms. The number of ether oxygens (including phenoxy) is 1. The normalized spacial score (nSPS) is 12.4. The Labute approximate surface area is 155 Å². The number of ketones is 1. The highest BCUT2D eigenvalue weighted by atomic mass is 35.5. The van der Waals surface area contributed by atoms with Gasteiger partial charge in [0.25, 0.3) is 0 Å². The van der Waals surface area contributed by atoms with Gasteiger partial charge in [-0.3, -0.25) is 9.59 Å². The maximum Gasteiger partial charge on any atom is 0.324 e. The van der Waals surface area contributed by atoms with Crippen LogP contribution >= 0.6 is 11.6 Å². The van der Waals surface area contributed by atoms with Gasteiger partial charge in [0.2, 0.25) is 10.0 Å². The van der Waals surface area contributed by atoms with Crippen molar-refractivity contribution in [2.45, 2.75) is 17.9 Å². The number of esters is 1. The third-order valence-corrected chi connectivity index (χ3v) is 5.06. The smallest absolute Gasteiger partial charge is 0.324 e. The third-order valence-electron chi connectivity index (χ3n) is 3.28. The summed E-state index contributed by atoms with van der Waals surface area (Å²) in [4.78, 5) is 23.7. The van der Waals surface area contributed by atoms with Gasteiger partial charge in [-0.25, -0.2) is 12.8 Å².